The standard InChI is InChI=1S/C24H29N5O2S2/c1-14(2)20(22-27-16(4)33-28-22)24(31)29-11-5-6-19(29)23(30)25-12-17-7-9-18(10-8-17)21-15(3)26-13-32-21/h7-10,13-14,19-20H,5-6,11-12H2,1-4H3,(H,25,30). The van der Waals surface area contributed by atoms with Crippen LogP contribution in [0.25, 0.3) is 10.4 Å². The molecule has 1 aromatic carbocycles. The highest BCUT2D eigenvalue weighted by Gasteiger charge is 2.39. The van der Waals surface area contributed by atoms with E-state index in [-0.39, 0.29) is 17.7 Å². The minimum atomic E-state index is -0.447. The summed E-state index contributed by atoms with van der Waals surface area (Å²) in [4.78, 5) is 38.1. The van der Waals surface area contributed by atoms with Gasteiger partial charge in [0, 0.05) is 13.1 Å². The molecule has 1 aliphatic rings. The normalized spacial score (nSPS) is 16.9. The van der Waals surface area contributed by atoms with Crippen molar-refractivity contribution in [2.75, 3.05) is 6.54 Å². The zero-order valence-corrected chi connectivity index (χ0v) is 21.0. The average molecular weight is 484 g/mol. The number of amides is 2. The third-order valence-corrected chi connectivity index (χ3v) is 7.63. The number of benzene rings is 1. The summed E-state index contributed by atoms with van der Waals surface area (Å²) in [6.45, 7) is 8.92. The van der Waals surface area contributed by atoms with Crippen LogP contribution in [0.5, 0.6) is 0 Å². The van der Waals surface area contributed by atoms with Crippen LogP contribution in [0.3, 0.4) is 0 Å². The van der Waals surface area contributed by atoms with E-state index in [1.807, 2.05) is 45.3 Å². The number of nitrogens with one attached hydrogen (secondary N) is 1. The number of aromatic nitrogens is 3. The second-order valence-electron chi connectivity index (χ2n) is 8.76. The number of aryl methyl sites for hydroxylation is 2. The molecule has 9 heteroatoms. The molecule has 33 heavy (non-hydrogen) atoms. The van der Waals surface area contributed by atoms with E-state index in [2.05, 4.69) is 31.8 Å². The van der Waals surface area contributed by atoms with Crippen molar-refractivity contribution in [2.45, 2.75) is 59.0 Å². The van der Waals surface area contributed by atoms with E-state index < -0.39 is 12.0 Å². The van der Waals surface area contributed by atoms with Crippen molar-refractivity contribution in [1.82, 2.24) is 24.6 Å². The van der Waals surface area contributed by atoms with Crippen LogP contribution >= 0.6 is 22.9 Å². The quantitative estimate of drug-likeness (QED) is 0.541. The summed E-state index contributed by atoms with van der Waals surface area (Å²) >= 11 is 2.93. The Balaban J connectivity index is 1.40. The monoisotopic (exact) mass is 483 g/mol. The lowest BCUT2D eigenvalue weighted by Gasteiger charge is -2.28. The van der Waals surface area contributed by atoms with Gasteiger partial charge < -0.3 is 10.2 Å². The minimum absolute atomic E-state index is 0.0512. The van der Waals surface area contributed by atoms with E-state index in [0.717, 1.165) is 33.1 Å². The Kier molecular flexibility index (Phi) is 7.19. The van der Waals surface area contributed by atoms with Gasteiger partial charge in [0.1, 0.15) is 17.0 Å². The Morgan fingerprint density at radius 1 is 1.21 bits per heavy atom. The maximum absolute atomic E-state index is 13.4. The van der Waals surface area contributed by atoms with Crippen LogP contribution in [-0.2, 0) is 16.1 Å². The Morgan fingerprint density at radius 2 is 1.97 bits per heavy atom. The summed E-state index contributed by atoms with van der Waals surface area (Å²) in [7, 11) is 0. The van der Waals surface area contributed by atoms with Crippen molar-refractivity contribution in [1.29, 1.82) is 0 Å². The maximum Gasteiger partial charge on any atom is 0.243 e. The SMILES string of the molecule is Cc1nc(C(C(=O)N2CCCC2C(=O)NCc2ccc(-c3scnc3C)cc2)C(C)C)ns1. The topological polar surface area (TPSA) is 88.1 Å². The summed E-state index contributed by atoms with van der Waals surface area (Å²) in [5.41, 5.74) is 5.02. The summed E-state index contributed by atoms with van der Waals surface area (Å²) in [5.74, 6) is 0.0420. The molecule has 0 bridgehead atoms. The summed E-state index contributed by atoms with van der Waals surface area (Å²) in [6.07, 6.45) is 1.50. The summed E-state index contributed by atoms with van der Waals surface area (Å²) in [5, 5.41) is 3.87. The fourth-order valence-electron chi connectivity index (χ4n) is 4.28. The van der Waals surface area contributed by atoms with Gasteiger partial charge >= 0.3 is 0 Å². The lowest BCUT2D eigenvalue weighted by molar-refractivity contribution is -0.140. The van der Waals surface area contributed by atoms with Crippen molar-refractivity contribution in [2.24, 2.45) is 5.92 Å². The number of hydrogen-bond acceptors (Lipinski definition) is 7. The van der Waals surface area contributed by atoms with E-state index in [9.17, 15) is 9.59 Å². The Morgan fingerprint density at radius 3 is 2.58 bits per heavy atom. The summed E-state index contributed by atoms with van der Waals surface area (Å²) in [6, 6.07) is 7.72. The largest absolute Gasteiger partial charge is 0.350 e. The van der Waals surface area contributed by atoms with Crippen LogP contribution in [0.15, 0.2) is 29.8 Å². The number of likely N-dealkylation sites (tertiary alicyclic amines) is 1. The van der Waals surface area contributed by atoms with Crippen LogP contribution in [0.1, 0.15) is 54.7 Å². The molecule has 7 nitrogen and oxygen atoms in total. The molecule has 1 N–H and O–H groups in total. The van der Waals surface area contributed by atoms with Gasteiger partial charge in [-0.1, -0.05) is 38.1 Å². The third kappa shape index (κ3) is 5.14. The smallest absolute Gasteiger partial charge is 0.243 e. The molecule has 2 aromatic heterocycles. The first kappa shape index (κ1) is 23.5. The molecule has 3 aromatic rings. The van der Waals surface area contributed by atoms with Gasteiger partial charge in [-0.2, -0.15) is 4.37 Å². The molecule has 174 valence electrons. The number of nitrogens with zero attached hydrogens (tertiary/aromatic N) is 4. The molecule has 1 aliphatic heterocycles. The molecule has 2 atom stereocenters. The van der Waals surface area contributed by atoms with Gasteiger partial charge in [-0.3, -0.25) is 9.59 Å². The van der Waals surface area contributed by atoms with Crippen LogP contribution < -0.4 is 5.32 Å². The number of hydrogen-bond donors (Lipinski definition) is 1. The average Bonchev–Trinajstić information content (AvgIpc) is 3.53. The highest BCUT2D eigenvalue weighted by Crippen LogP contribution is 2.30. The molecule has 2 unspecified atom stereocenters. The molecule has 4 rings (SSSR count). The fraction of sp³-hybridized carbons (Fsp3) is 0.458. The number of carbonyl (C=O) groups is 2. The van der Waals surface area contributed by atoms with Crippen molar-refractivity contribution in [3.8, 4) is 10.4 Å². The highest BCUT2D eigenvalue weighted by molar-refractivity contribution is 7.13. The lowest BCUT2D eigenvalue weighted by Crippen LogP contribution is -2.48. The van der Waals surface area contributed by atoms with E-state index in [1.54, 1.807) is 16.2 Å². The molecule has 2 amide bonds. The van der Waals surface area contributed by atoms with Gasteiger partial charge in [0.15, 0.2) is 5.82 Å². The van der Waals surface area contributed by atoms with Crippen LogP contribution in [-0.4, -0.2) is 43.6 Å². The van der Waals surface area contributed by atoms with E-state index >= 15 is 0 Å². The van der Waals surface area contributed by atoms with Crippen molar-refractivity contribution in [3.63, 3.8) is 0 Å². The second-order valence-corrected chi connectivity index (χ2v) is 10.6. The second kappa shape index (κ2) is 10.1. The van der Waals surface area contributed by atoms with Gasteiger partial charge in [-0.25, -0.2) is 9.97 Å². The predicted octanol–water partition coefficient (Wildman–Crippen LogP) is 4.33. The summed E-state index contributed by atoms with van der Waals surface area (Å²) < 4.78 is 4.39. The van der Waals surface area contributed by atoms with E-state index in [1.165, 1.54) is 11.5 Å². The Bertz CT molecular complexity index is 1120. The molecule has 3 heterocycles. The van der Waals surface area contributed by atoms with Crippen LogP contribution in [0.2, 0.25) is 0 Å². The fourth-order valence-corrected chi connectivity index (χ4v) is 5.60. The molecular formula is C24H29N5O2S2. The first-order valence-corrected chi connectivity index (χ1v) is 12.9. The van der Waals surface area contributed by atoms with Gasteiger partial charge in [0.25, 0.3) is 0 Å². The molecular weight excluding hydrogens is 454 g/mol. The van der Waals surface area contributed by atoms with Crippen molar-refractivity contribution in [3.05, 3.63) is 51.9 Å². The van der Waals surface area contributed by atoms with Crippen LogP contribution in [0.4, 0.5) is 0 Å². The Hall–Kier alpha value is -2.65. The van der Waals surface area contributed by atoms with Crippen molar-refractivity contribution < 1.29 is 9.59 Å². The molecule has 0 spiro atoms. The first-order valence-electron chi connectivity index (χ1n) is 11.2. The minimum Gasteiger partial charge on any atom is -0.350 e. The number of thiazole rings is 1. The van der Waals surface area contributed by atoms with Gasteiger partial charge in [-0.15, -0.1) is 11.3 Å². The highest BCUT2D eigenvalue weighted by atomic mass is 32.1. The van der Waals surface area contributed by atoms with Crippen LogP contribution in [0, 0.1) is 19.8 Å². The van der Waals surface area contributed by atoms with Gasteiger partial charge in [0.2, 0.25) is 11.8 Å². The van der Waals surface area contributed by atoms with E-state index in [4.69, 9.17) is 0 Å². The predicted molar refractivity (Wildman–Crippen MR) is 131 cm³/mol. The lowest BCUT2D eigenvalue weighted by atomic mass is 9.93. The molecule has 0 aliphatic carbocycles. The van der Waals surface area contributed by atoms with Gasteiger partial charge in [0.05, 0.1) is 16.1 Å². The molecule has 1 fully saturated rings. The first-order chi connectivity index (χ1) is 15.8. The van der Waals surface area contributed by atoms with Crippen molar-refractivity contribution >= 4 is 34.7 Å². The zero-order chi connectivity index (χ0) is 23.5. The Labute approximate surface area is 202 Å². The van der Waals surface area contributed by atoms with E-state index in [0.29, 0.717) is 25.3 Å². The number of rotatable bonds is 7. The van der Waals surface area contributed by atoms with Gasteiger partial charge in [-0.05, 0) is 55.3 Å². The zero-order valence-electron chi connectivity index (χ0n) is 19.4. The third-order valence-electron chi connectivity index (χ3n) is 6.02. The molecule has 0 saturated carbocycles. The maximum atomic E-state index is 13.4. The molecule has 0 radical (unpaired) electrons. The number of carbonyl (C=O) groups excluding carboxylic acids is 2. The molecule has 1 saturated heterocycles.